The van der Waals surface area contributed by atoms with Crippen molar-refractivity contribution < 1.29 is 9.90 Å². The van der Waals surface area contributed by atoms with E-state index in [2.05, 4.69) is 15.9 Å². The zero-order valence-corrected chi connectivity index (χ0v) is 11.4. The van der Waals surface area contributed by atoms with Crippen LogP contribution in [-0.2, 0) is 11.2 Å². The van der Waals surface area contributed by atoms with Gasteiger partial charge in [-0.1, -0.05) is 47.3 Å². The van der Waals surface area contributed by atoms with Crippen molar-refractivity contribution in [2.75, 3.05) is 0 Å². The lowest BCUT2D eigenvalue weighted by molar-refractivity contribution is -0.139. The Hall–Kier alpha value is -0.670. The van der Waals surface area contributed by atoms with E-state index in [1.165, 1.54) is 0 Å². The maximum absolute atomic E-state index is 12.1. The molecule has 0 spiro atoms. The number of rotatable bonds is 3. The minimum atomic E-state index is -1.07. The average Bonchev–Trinajstić information content (AvgIpc) is 2.30. The number of carbonyl (C=O) groups is 1. The van der Waals surface area contributed by atoms with Crippen molar-refractivity contribution in [3.05, 3.63) is 34.3 Å². The SMILES string of the molecule is O=C(Cc1cccc(Br)c1)C1(O)CCCCC1. The summed E-state index contributed by atoms with van der Waals surface area (Å²) in [7, 11) is 0. The lowest BCUT2D eigenvalue weighted by Gasteiger charge is -2.30. The fraction of sp³-hybridized carbons (Fsp3) is 0.500. The molecule has 0 saturated heterocycles. The van der Waals surface area contributed by atoms with Gasteiger partial charge in [0, 0.05) is 10.9 Å². The number of ketones is 1. The number of carbonyl (C=O) groups excluding carboxylic acids is 1. The van der Waals surface area contributed by atoms with Crippen LogP contribution in [0.2, 0.25) is 0 Å². The molecule has 0 aromatic heterocycles. The lowest BCUT2D eigenvalue weighted by Crippen LogP contribution is -2.41. The van der Waals surface area contributed by atoms with Gasteiger partial charge in [0.15, 0.2) is 5.78 Å². The van der Waals surface area contributed by atoms with E-state index in [0.717, 1.165) is 29.3 Å². The van der Waals surface area contributed by atoms with Crippen LogP contribution in [0.25, 0.3) is 0 Å². The molecule has 1 aromatic rings. The molecule has 0 aliphatic heterocycles. The molecule has 3 heteroatoms. The highest BCUT2D eigenvalue weighted by Crippen LogP contribution is 2.30. The highest BCUT2D eigenvalue weighted by molar-refractivity contribution is 9.10. The Labute approximate surface area is 110 Å². The highest BCUT2D eigenvalue weighted by atomic mass is 79.9. The van der Waals surface area contributed by atoms with E-state index in [0.29, 0.717) is 19.3 Å². The zero-order valence-electron chi connectivity index (χ0n) is 9.79. The Balaban J connectivity index is 2.05. The van der Waals surface area contributed by atoms with Crippen LogP contribution >= 0.6 is 15.9 Å². The summed E-state index contributed by atoms with van der Waals surface area (Å²) in [6.07, 6.45) is 4.63. The van der Waals surface area contributed by atoms with E-state index in [-0.39, 0.29) is 5.78 Å². The summed E-state index contributed by atoms with van der Waals surface area (Å²) in [6, 6.07) is 7.71. The van der Waals surface area contributed by atoms with Gasteiger partial charge in [-0.2, -0.15) is 0 Å². The van der Waals surface area contributed by atoms with Crippen LogP contribution in [0.1, 0.15) is 37.7 Å². The van der Waals surface area contributed by atoms with Crippen LogP contribution in [-0.4, -0.2) is 16.5 Å². The fourth-order valence-electron chi connectivity index (χ4n) is 2.41. The molecule has 1 saturated carbocycles. The largest absolute Gasteiger partial charge is 0.382 e. The first-order chi connectivity index (χ1) is 8.10. The Bertz CT molecular complexity index is 408. The third kappa shape index (κ3) is 3.17. The molecule has 1 N–H and O–H groups in total. The van der Waals surface area contributed by atoms with E-state index in [4.69, 9.17) is 0 Å². The van der Waals surface area contributed by atoms with Crippen molar-refractivity contribution in [3.63, 3.8) is 0 Å². The summed E-state index contributed by atoms with van der Waals surface area (Å²) in [6.45, 7) is 0. The average molecular weight is 297 g/mol. The summed E-state index contributed by atoms with van der Waals surface area (Å²) >= 11 is 3.39. The van der Waals surface area contributed by atoms with Crippen molar-refractivity contribution in [1.29, 1.82) is 0 Å². The highest BCUT2D eigenvalue weighted by Gasteiger charge is 2.36. The van der Waals surface area contributed by atoms with Gasteiger partial charge in [0.1, 0.15) is 5.60 Å². The molecule has 1 aliphatic rings. The smallest absolute Gasteiger partial charge is 0.168 e. The minimum absolute atomic E-state index is 0.0321. The number of halogens is 1. The molecular formula is C14H17BrO2. The second-order valence-electron chi connectivity index (χ2n) is 4.82. The van der Waals surface area contributed by atoms with Gasteiger partial charge in [0.2, 0.25) is 0 Å². The molecule has 0 amide bonds. The molecular weight excluding hydrogens is 280 g/mol. The summed E-state index contributed by atoms with van der Waals surface area (Å²) in [4.78, 5) is 12.1. The van der Waals surface area contributed by atoms with Crippen LogP contribution in [0.3, 0.4) is 0 Å². The molecule has 0 radical (unpaired) electrons. The fourth-order valence-corrected chi connectivity index (χ4v) is 2.86. The number of Topliss-reactive ketones (excluding diaryl/α,β-unsaturated/α-hetero) is 1. The van der Waals surface area contributed by atoms with Gasteiger partial charge in [0.05, 0.1) is 0 Å². The summed E-state index contributed by atoms with van der Waals surface area (Å²) in [5.74, 6) is -0.0321. The molecule has 2 rings (SSSR count). The molecule has 2 nitrogen and oxygen atoms in total. The third-order valence-electron chi connectivity index (χ3n) is 3.45. The van der Waals surface area contributed by atoms with Crippen molar-refractivity contribution >= 4 is 21.7 Å². The first-order valence-corrected chi connectivity index (χ1v) is 6.90. The molecule has 1 fully saturated rings. The topological polar surface area (TPSA) is 37.3 Å². The van der Waals surface area contributed by atoms with E-state index < -0.39 is 5.60 Å². The van der Waals surface area contributed by atoms with E-state index in [1.54, 1.807) is 0 Å². The Morgan fingerprint density at radius 1 is 1.29 bits per heavy atom. The van der Waals surface area contributed by atoms with Gasteiger partial charge in [-0.05, 0) is 30.5 Å². The van der Waals surface area contributed by atoms with Crippen LogP contribution in [0.5, 0.6) is 0 Å². The maximum atomic E-state index is 12.1. The molecule has 0 unspecified atom stereocenters. The quantitative estimate of drug-likeness (QED) is 0.930. The lowest BCUT2D eigenvalue weighted by atomic mass is 9.80. The molecule has 1 aromatic carbocycles. The van der Waals surface area contributed by atoms with Gasteiger partial charge in [-0.15, -0.1) is 0 Å². The van der Waals surface area contributed by atoms with Crippen LogP contribution in [0, 0.1) is 0 Å². The normalized spacial score (nSPS) is 18.9. The first kappa shape index (κ1) is 12.8. The Kier molecular flexibility index (Phi) is 4.00. The molecule has 0 atom stereocenters. The second kappa shape index (κ2) is 5.32. The standard InChI is InChI=1S/C14H17BrO2/c15-12-6-4-5-11(9-12)10-13(16)14(17)7-2-1-3-8-14/h4-6,9,17H,1-3,7-8,10H2. The predicted octanol–water partition coefficient (Wildman–Crippen LogP) is 3.26. The number of aliphatic hydroxyl groups is 1. The molecule has 1 aliphatic carbocycles. The second-order valence-corrected chi connectivity index (χ2v) is 5.74. The van der Waals surface area contributed by atoms with E-state index in [1.807, 2.05) is 24.3 Å². The number of hydrogen-bond acceptors (Lipinski definition) is 2. The van der Waals surface area contributed by atoms with Crippen LogP contribution in [0.15, 0.2) is 28.7 Å². The molecule has 92 valence electrons. The molecule has 0 bridgehead atoms. The van der Waals surface area contributed by atoms with Crippen molar-refractivity contribution in [2.24, 2.45) is 0 Å². The summed E-state index contributed by atoms with van der Waals surface area (Å²) in [5.41, 5.74) is -0.107. The summed E-state index contributed by atoms with van der Waals surface area (Å²) in [5, 5.41) is 10.3. The Morgan fingerprint density at radius 2 is 2.00 bits per heavy atom. The zero-order chi connectivity index (χ0) is 12.3. The predicted molar refractivity (Wildman–Crippen MR) is 70.9 cm³/mol. The van der Waals surface area contributed by atoms with Gasteiger partial charge in [-0.3, -0.25) is 4.79 Å². The molecule has 0 heterocycles. The van der Waals surface area contributed by atoms with Crippen molar-refractivity contribution in [2.45, 2.75) is 44.1 Å². The van der Waals surface area contributed by atoms with Crippen molar-refractivity contribution in [1.82, 2.24) is 0 Å². The number of benzene rings is 1. The van der Waals surface area contributed by atoms with E-state index >= 15 is 0 Å². The van der Waals surface area contributed by atoms with Gasteiger partial charge in [-0.25, -0.2) is 0 Å². The van der Waals surface area contributed by atoms with Crippen molar-refractivity contribution in [3.8, 4) is 0 Å². The van der Waals surface area contributed by atoms with Gasteiger partial charge < -0.3 is 5.11 Å². The maximum Gasteiger partial charge on any atom is 0.168 e. The monoisotopic (exact) mass is 296 g/mol. The van der Waals surface area contributed by atoms with Gasteiger partial charge >= 0.3 is 0 Å². The third-order valence-corrected chi connectivity index (χ3v) is 3.95. The Morgan fingerprint density at radius 3 is 2.65 bits per heavy atom. The van der Waals surface area contributed by atoms with E-state index in [9.17, 15) is 9.90 Å². The summed E-state index contributed by atoms with van der Waals surface area (Å²) < 4.78 is 0.971. The minimum Gasteiger partial charge on any atom is -0.382 e. The number of hydrogen-bond donors (Lipinski definition) is 1. The van der Waals surface area contributed by atoms with Crippen LogP contribution < -0.4 is 0 Å². The molecule has 17 heavy (non-hydrogen) atoms. The van der Waals surface area contributed by atoms with Gasteiger partial charge in [0.25, 0.3) is 0 Å². The van der Waals surface area contributed by atoms with Crippen LogP contribution in [0.4, 0.5) is 0 Å². The first-order valence-electron chi connectivity index (χ1n) is 6.10.